The first-order valence-electron chi connectivity index (χ1n) is 6.18. The highest BCUT2D eigenvalue weighted by atomic mass is 32.2. The van der Waals surface area contributed by atoms with Gasteiger partial charge in [0.25, 0.3) is 10.2 Å². The zero-order valence-electron chi connectivity index (χ0n) is 11.0. The van der Waals surface area contributed by atoms with Crippen LogP contribution in [0.25, 0.3) is 0 Å². The van der Waals surface area contributed by atoms with Gasteiger partial charge in [-0.3, -0.25) is 0 Å². The summed E-state index contributed by atoms with van der Waals surface area (Å²) in [6.45, 7) is 7.37. The Balaban J connectivity index is 4.13. The van der Waals surface area contributed by atoms with Gasteiger partial charge in [0.1, 0.15) is 0 Å². The topological polar surface area (TPSA) is 49.4 Å². The van der Waals surface area contributed by atoms with Gasteiger partial charge in [-0.25, -0.2) is 4.72 Å². The Morgan fingerprint density at radius 2 is 1.75 bits per heavy atom. The molecule has 0 aromatic carbocycles. The van der Waals surface area contributed by atoms with Crippen LogP contribution in [0.1, 0.15) is 46.5 Å². The van der Waals surface area contributed by atoms with Gasteiger partial charge >= 0.3 is 0 Å². The molecule has 0 aromatic rings. The van der Waals surface area contributed by atoms with Crippen LogP contribution < -0.4 is 4.72 Å². The highest BCUT2D eigenvalue weighted by Crippen LogP contribution is 2.07. The second-order valence-corrected chi connectivity index (χ2v) is 6.07. The van der Waals surface area contributed by atoms with Gasteiger partial charge in [0, 0.05) is 20.1 Å². The lowest BCUT2D eigenvalue weighted by Gasteiger charge is -2.19. The third-order valence-corrected chi connectivity index (χ3v) is 4.48. The summed E-state index contributed by atoms with van der Waals surface area (Å²) in [6, 6.07) is 0. The van der Waals surface area contributed by atoms with Crippen molar-refractivity contribution in [1.82, 2.24) is 9.03 Å². The number of unbranched alkanes of at least 4 members (excludes halogenated alkanes) is 1. The van der Waals surface area contributed by atoms with Crippen LogP contribution in [0.5, 0.6) is 0 Å². The average Bonchev–Trinajstić information content (AvgIpc) is 2.27. The molecular weight excluding hydrogens is 224 g/mol. The maximum atomic E-state index is 11.8. The number of rotatable bonds is 9. The number of hydrogen-bond donors (Lipinski definition) is 1. The normalized spacial score (nSPS) is 12.6. The van der Waals surface area contributed by atoms with Crippen LogP contribution in [0.4, 0.5) is 0 Å². The molecule has 0 aliphatic heterocycles. The molecule has 0 heterocycles. The molecule has 1 N–H and O–H groups in total. The molecule has 0 fully saturated rings. The van der Waals surface area contributed by atoms with Gasteiger partial charge in [-0.2, -0.15) is 12.7 Å². The molecule has 4 nitrogen and oxygen atoms in total. The summed E-state index contributed by atoms with van der Waals surface area (Å²) in [7, 11) is -1.63. The molecule has 0 unspecified atom stereocenters. The van der Waals surface area contributed by atoms with Crippen LogP contribution >= 0.6 is 0 Å². The molecule has 0 rings (SSSR count). The van der Waals surface area contributed by atoms with E-state index in [9.17, 15) is 8.42 Å². The first kappa shape index (κ1) is 15.9. The van der Waals surface area contributed by atoms with Crippen molar-refractivity contribution in [1.29, 1.82) is 0 Å². The Bertz CT molecular complexity index is 261. The lowest BCUT2D eigenvalue weighted by atomic mass is 10.0. The van der Waals surface area contributed by atoms with Crippen LogP contribution in [0, 0.1) is 5.92 Å². The second kappa shape index (κ2) is 8.03. The van der Waals surface area contributed by atoms with E-state index in [2.05, 4.69) is 25.5 Å². The van der Waals surface area contributed by atoms with Crippen LogP contribution in [0.15, 0.2) is 0 Å². The Labute approximate surface area is 101 Å². The predicted octanol–water partition coefficient (Wildman–Crippen LogP) is 1.99. The number of hydrogen-bond acceptors (Lipinski definition) is 2. The van der Waals surface area contributed by atoms with E-state index in [0.717, 1.165) is 25.7 Å². The van der Waals surface area contributed by atoms with Gasteiger partial charge in [0.2, 0.25) is 0 Å². The number of nitrogens with one attached hydrogen (secondary N) is 1. The molecule has 0 saturated carbocycles. The van der Waals surface area contributed by atoms with E-state index in [1.54, 1.807) is 7.05 Å². The molecule has 0 aliphatic rings. The monoisotopic (exact) mass is 250 g/mol. The Morgan fingerprint density at radius 1 is 1.19 bits per heavy atom. The van der Waals surface area contributed by atoms with Crippen LogP contribution in [-0.4, -0.2) is 32.9 Å². The summed E-state index contributed by atoms with van der Waals surface area (Å²) in [5, 5.41) is 0. The second-order valence-electron chi connectivity index (χ2n) is 4.21. The van der Waals surface area contributed by atoms with Crippen molar-refractivity contribution in [2.45, 2.75) is 46.5 Å². The van der Waals surface area contributed by atoms with Crippen LogP contribution in [0.2, 0.25) is 0 Å². The van der Waals surface area contributed by atoms with Crippen molar-refractivity contribution in [2.24, 2.45) is 5.92 Å². The summed E-state index contributed by atoms with van der Waals surface area (Å²) in [5.74, 6) is 0.439. The molecule has 0 bridgehead atoms. The Hall–Kier alpha value is -0.130. The lowest BCUT2D eigenvalue weighted by molar-refractivity contribution is 0.429. The first-order valence-corrected chi connectivity index (χ1v) is 7.62. The fraction of sp³-hybridized carbons (Fsp3) is 1.00. The van der Waals surface area contributed by atoms with E-state index in [0.29, 0.717) is 19.0 Å². The highest BCUT2D eigenvalue weighted by Gasteiger charge is 2.17. The number of nitrogens with zero attached hydrogens (tertiary/aromatic N) is 1. The van der Waals surface area contributed by atoms with Gasteiger partial charge in [-0.05, 0) is 12.3 Å². The molecule has 0 saturated heterocycles. The van der Waals surface area contributed by atoms with Gasteiger partial charge in [0.05, 0.1) is 0 Å². The Kier molecular flexibility index (Phi) is 7.97. The SMILES string of the molecule is CCCCN(C)S(=O)(=O)NCC(CC)CC. The van der Waals surface area contributed by atoms with E-state index < -0.39 is 10.2 Å². The highest BCUT2D eigenvalue weighted by molar-refractivity contribution is 7.87. The minimum atomic E-state index is -3.26. The molecular formula is C11H26N2O2S. The minimum absolute atomic E-state index is 0.439. The Morgan fingerprint density at radius 3 is 2.19 bits per heavy atom. The van der Waals surface area contributed by atoms with Gasteiger partial charge < -0.3 is 0 Å². The van der Waals surface area contributed by atoms with Crippen molar-refractivity contribution in [3.05, 3.63) is 0 Å². The fourth-order valence-corrected chi connectivity index (χ4v) is 2.45. The predicted molar refractivity (Wildman–Crippen MR) is 68.5 cm³/mol. The molecule has 0 aliphatic carbocycles. The summed E-state index contributed by atoms with van der Waals surface area (Å²) < 4.78 is 27.6. The van der Waals surface area contributed by atoms with Gasteiger partial charge in [0.15, 0.2) is 0 Å². The van der Waals surface area contributed by atoms with Gasteiger partial charge in [-0.1, -0.05) is 40.0 Å². The molecule has 0 amide bonds. The summed E-state index contributed by atoms with van der Waals surface area (Å²) in [6.07, 6.45) is 3.93. The zero-order valence-corrected chi connectivity index (χ0v) is 11.8. The van der Waals surface area contributed by atoms with Crippen molar-refractivity contribution in [3.63, 3.8) is 0 Å². The van der Waals surface area contributed by atoms with E-state index >= 15 is 0 Å². The minimum Gasteiger partial charge on any atom is -0.202 e. The summed E-state index contributed by atoms with van der Waals surface area (Å²) in [5.41, 5.74) is 0. The molecule has 0 radical (unpaired) electrons. The summed E-state index contributed by atoms with van der Waals surface area (Å²) >= 11 is 0. The first-order chi connectivity index (χ1) is 7.47. The van der Waals surface area contributed by atoms with Crippen molar-refractivity contribution < 1.29 is 8.42 Å². The van der Waals surface area contributed by atoms with E-state index in [4.69, 9.17) is 0 Å². The quantitative estimate of drug-likeness (QED) is 0.680. The molecule has 5 heteroatoms. The molecule has 0 spiro atoms. The maximum absolute atomic E-state index is 11.8. The molecule has 0 aromatic heterocycles. The lowest BCUT2D eigenvalue weighted by Crippen LogP contribution is -2.40. The fourth-order valence-electron chi connectivity index (χ4n) is 1.41. The van der Waals surface area contributed by atoms with Crippen LogP contribution in [0.3, 0.4) is 0 Å². The van der Waals surface area contributed by atoms with Crippen molar-refractivity contribution in [3.8, 4) is 0 Å². The zero-order chi connectivity index (χ0) is 12.6. The molecule has 16 heavy (non-hydrogen) atoms. The van der Waals surface area contributed by atoms with Crippen LogP contribution in [-0.2, 0) is 10.2 Å². The standard InChI is InChI=1S/C11H26N2O2S/c1-5-8-9-13(4)16(14,15)12-10-11(6-2)7-3/h11-12H,5-10H2,1-4H3. The maximum Gasteiger partial charge on any atom is 0.279 e. The van der Waals surface area contributed by atoms with Gasteiger partial charge in [-0.15, -0.1) is 0 Å². The van der Waals surface area contributed by atoms with Crippen molar-refractivity contribution in [2.75, 3.05) is 20.1 Å². The van der Waals surface area contributed by atoms with Crippen molar-refractivity contribution >= 4 is 10.2 Å². The summed E-state index contributed by atoms with van der Waals surface area (Å²) in [4.78, 5) is 0. The van der Waals surface area contributed by atoms with E-state index in [1.165, 1.54) is 4.31 Å². The average molecular weight is 250 g/mol. The van der Waals surface area contributed by atoms with E-state index in [-0.39, 0.29) is 0 Å². The largest absolute Gasteiger partial charge is 0.279 e. The smallest absolute Gasteiger partial charge is 0.202 e. The molecule has 0 atom stereocenters. The third-order valence-electron chi connectivity index (χ3n) is 2.95. The third kappa shape index (κ3) is 5.82. The van der Waals surface area contributed by atoms with E-state index in [1.807, 2.05) is 0 Å². The molecule has 98 valence electrons.